The molecule has 3 rings (SSSR count). The van der Waals surface area contributed by atoms with Crippen LogP contribution in [0.15, 0.2) is 58.5 Å². The van der Waals surface area contributed by atoms with Crippen LogP contribution in [0.2, 0.25) is 0 Å². The van der Waals surface area contributed by atoms with Gasteiger partial charge in [-0.15, -0.1) is 0 Å². The van der Waals surface area contributed by atoms with Crippen molar-refractivity contribution in [1.29, 1.82) is 0 Å². The van der Waals surface area contributed by atoms with Crippen molar-refractivity contribution in [2.75, 3.05) is 13.4 Å². The molecule has 0 atom stereocenters. The van der Waals surface area contributed by atoms with Crippen LogP contribution in [0.5, 0.6) is 5.75 Å². The molecule has 0 amide bonds. The predicted molar refractivity (Wildman–Crippen MR) is 85.7 cm³/mol. The number of rotatable bonds is 3. The minimum Gasteiger partial charge on any atom is -0.497 e. The Bertz CT molecular complexity index is 858. The van der Waals surface area contributed by atoms with Gasteiger partial charge in [0.25, 0.3) is 5.56 Å². The number of para-hydroxylation sites is 1. The fraction of sp³-hybridized carbons (Fsp3) is 0.125. The monoisotopic (exact) mass is 298 g/mol. The molecule has 0 saturated carbocycles. The fourth-order valence-electron chi connectivity index (χ4n) is 2.23. The van der Waals surface area contributed by atoms with Gasteiger partial charge in [-0.2, -0.15) is 0 Å². The molecule has 5 heteroatoms. The summed E-state index contributed by atoms with van der Waals surface area (Å²) >= 11 is 1.44. The number of methoxy groups -OCH3 is 1. The van der Waals surface area contributed by atoms with Crippen molar-refractivity contribution in [3.8, 4) is 11.4 Å². The Morgan fingerprint density at radius 2 is 1.95 bits per heavy atom. The molecular formula is C16H14N2O2S. The van der Waals surface area contributed by atoms with Gasteiger partial charge in [0.1, 0.15) is 5.75 Å². The number of thioether (sulfide) groups is 1. The highest BCUT2D eigenvalue weighted by Crippen LogP contribution is 2.21. The highest BCUT2D eigenvalue weighted by Gasteiger charge is 2.12. The molecule has 21 heavy (non-hydrogen) atoms. The van der Waals surface area contributed by atoms with E-state index < -0.39 is 0 Å². The van der Waals surface area contributed by atoms with Gasteiger partial charge < -0.3 is 4.74 Å². The van der Waals surface area contributed by atoms with Gasteiger partial charge in [0.05, 0.1) is 23.7 Å². The number of fused-ring (bicyclic) bond motifs is 1. The number of benzene rings is 2. The SMILES string of the molecule is COc1cccc(-n2c(SC)nc3ccccc3c2=O)c1. The molecular weight excluding hydrogens is 284 g/mol. The second kappa shape index (κ2) is 5.61. The third-order valence-electron chi connectivity index (χ3n) is 3.24. The summed E-state index contributed by atoms with van der Waals surface area (Å²) in [5, 5.41) is 1.27. The summed E-state index contributed by atoms with van der Waals surface area (Å²) in [7, 11) is 1.61. The van der Waals surface area contributed by atoms with Gasteiger partial charge in [0, 0.05) is 6.07 Å². The van der Waals surface area contributed by atoms with Crippen molar-refractivity contribution in [2.45, 2.75) is 5.16 Å². The minimum atomic E-state index is -0.0711. The summed E-state index contributed by atoms with van der Waals surface area (Å²) in [6.07, 6.45) is 1.91. The number of nitrogens with zero attached hydrogens (tertiary/aromatic N) is 2. The van der Waals surface area contributed by atoms with Crippen LogP contribution in [0.4, 0.5) is 0 Å². The highest BCUT2D eigenvalue weighted by molar-refractivity contribution is 7.98. The largest absolute Gasteiger partial charge is 0.497 e. The van der Waals surface area contributed by atoms with Gasteiger partial charge in [-0.05, 0) is 30.5 Å². The first-order chi connectivity index (χ1) is 10.2. The van der Waals surface area contributed by atoms with Gasteiger partial charge in [0.15, 0.2) is 5.16 Å². The Morgan fingerprint density at radius 3 is 2.71 bits per heavy atom. The zero-order valence-electron chi connectivity index (χ0n) is 11.7. The molecule has 0 radical (unpaired) electrons. The zero-order valence-corrected chi connectivity index (χ0v) is 12.6. The molecule has 0 aliphatic heterocycles. The summed E-state index contributed by atoms with van der Waals surface area (Å²) in [6.45, 7) is 0. The molecule has 4 nitrogen and oxygen atoms in total. The van der Waals surface area contributed by atoms with E-state index in [-0.39, 0.29) is 5.56 Å². The lowest BCUT2D eigenvalue weighted by Gasteiger charge is -2.12. The Balaban J connectivity index is 2.35. The Morgan fingerprint density at radius 1 is 1.14 bits per heavy atom. The van der Waals surface area contributed by atoms with Gasteiger partial charge in [0.2, 0.25) is 0 Å². The lowest BCUT2D eigenvalue weighted by atomic mass is 10.2. The predicted octanol–water partition coefficient (Wildman–Crippen LogP) is 3.12. The van der Waals surface area contributed by atoms with Crippen LogP contribution in [0, 0.1) is 0 Å². The quantitative estimate of drug-likeness (QED) is 0.550. The summed E-state index contributed by atoms with van der Waals surface area (Å²) < 4.78 is 6.86. The van der Waals surface area contributed by atoms with Crippen molar-refractivity contribution >= 4 is 22.7 Å². The standard InChI is InChI=1S/C16H14N2O2S/c1-20-12-7-5-6-11(10-12)18-15(19)13-8-3-4-9-14(13)17-16(18)21-2/h3-10H,1-2H3. The molecule has 0 N–H and O–H groups in total. The number of ether oxygens (including phenoxy) is 1. The third-order valence-corrected chi connectivity index (χ3v) is 3.88. The maximum Gasteiger partial charge on any atom is 0.266 e. The van der Waals surface area contributed by atoms with E-state index in [0.717, 1.165) is 5.69 Å². The Kier molecular flexibility index (Phi) is 3.66. The van der Waals surface area contributed by atoms with E-state index in [1.54, 1.807) is 17.7 Å². The van der Waals surface area contributed by atoms with E-state index in [1.807, 2.05) is 48.7 Å². The molecule has 0 aliphatic carbocycles. The van der Waals surface area contributed by atoms with Gasteiger partial charge in [-0.1, -0.05) is 30.0 Å². The average Bonchev–Trinajstić information content (AvgIpc) is 2.54. The van der Waals surface area contributed by atoms with E-state index in [0.29, 0.717) is 21.8 Å². The summed E-state index contributed by atoms with van der Waals surface area (Å²) in [4.78, 5) is 17.3. The summed E-state index contributed by atoms with van der Waals surface area (Å²) in [6, 6.07) is 14.8. The normalized spacial score (nSPS) is 10.8. The second-order valence-corrected chi connectivity index (χ2v) is 5.23. The van der Waals surface area contributed by atoms with Gasteiger partial charge in [-0.25, -0.2) is 4.98 Å². The van der Waals surface area contributed by atoms with Crippen LogP contribution < -0.4 is 10.3 Å². The third kappa shape index (κ3) is 2.40. The van der Waals surface area contributed by atoms with Crippen LogP contribution in [-0.2, 0) is 0 Å². The summed E-state index contributed by atoms with van der Waals surface area (Å²) in [5.74, 6) is 0.708. The minimum absolute atomic E-state index is 0.0711. The molecule has 2 aromatic carbocycles. The molecule has 0 spiro atoms. The average molecular weight is 298 g/mol. The molecule has 0 unspecified atom stereocenters. The summed E-state index contributed by atoms with van der Waals surface area (Å²) in [5.41, 5.74) is 1.39. The molecule has 0 bridgehead atoms. The molecule has 0 saturated heterocycles. The molecule has 1 aromatic heterocycles. The van der Waals surface area contributed by atoms with Crippen molar-refractivity contribution in [1.82, 2.24) is 9.55 Å². The van der Waals surface area contributed by atoms with Crippen molar-refractivity contribution < 1.29 is 4.74 Å². The molecule has 0 fully saturated rings. The van der Waals surface area contributed by atoms with E-state index in [4.69, 9.17) is 4.74 Å². The van der Waals surface area contributed by atoms with E-state index in [1.165, 1.54) is 11.8 Å². The first-order valence-electron chi connectivity index (χ1n) is 6.45. The van der Waals surface area contributed by atoms with Crippen molar-refractivity contribution in [3.05, 3.63) is 58.9 Å². The highest BCUT2D eigenvalue weighted by atomic mass is 32.2. The number of hydrogen-bond acceptors (Lipinski definition) is 4. The first-order valence-corrected chi connectivity index (χ1v) is 7.67. The Labute approximate surface area is 126 Å². The number of aromatic nitrogens is 2. The van der Waals surface area contributed by atoms with Crippen LogP contribution in [0.1, 0.15) is 0 Å². The van der Waals surface area contributed by atoms with Crippen molar-refractivity contribution in [2.24, 2.45) is 0 Å². The van der Waals surface area contributed by atoms with E-state index >= 15 is 0 Å². The Hall–Kier alpha value is -2.27. The van der Waals surface area contributed by atoms with Gasteiger partial charge in [-0.3, -0.25) is 9.36 Å². The topological polar surface area (TPSA) is 44.1 Å². The van der Waals surface area contributed by atoms with E-state index in [2.05, 4.69) is 4.98 Å². The molecule has 0 aliphatic rings. The molecule has 3 aromatic rings. The van der Waals surface area contributed by atoms with Gasteiger partial charge >= 0.3 is 0 Å². The van der Waals surface area contributed by atoms with E-state index in [9.17, 15) is 4.79 Å². The number of hydrogen-bond donors (Lipinski definition) is 0. The maximum absolute atomic E-state index is 12.8. The van der Waals surface area contributed by atoms with Crippen LogP contribution >= 0.6 is 11.8 Å². The second-order valence-electron chi connectivity index (χ2n) is 4.46. The maximum atomic E-state index is 12.8. The van der Waals surface area contributed by atoms with Crippen molar-refractivity contribution in [3.63, 3.8) is 0 Å². The smallest absolute Gasteiger partial charge is 0.266 e. The van der Waals surface area contributed by atoms with Crippen LogP contribution in [0.3, 0.4) is 0 Å². The first kappa shape index (κ1) is 13.7. The van der Waals surface area contributed by atoms with Crippen LogP contribution in [0.25, 0.3) is 16.6 Å². The van der Waals surface area contributed by atoms with Crippen LogP contribution in [-0.4, -0.2) is 22.9 Å². The lowest BCUT2D eigenvalue weighted by Crippen LogP contribution is -2.21. The molecule has 106 valence electrons. The zero-order chi connectivity index (χ0) is 14.8. The fourth-order valence-corrected chi connectivity index (χ4v) is 2.79. The molecule has 1 heterocycles. The lowest BCUT2D eigenvalue weighted by molar-refractivity contribution is 0.414.